The van der Waals surface area contributed by atoms with Gasteiger partial charge in [-0.05, 0) is 24.5 Å². The fourth-order valence-electron chi connectivity index (χ4n) is 1.77. The average Bonchev–Trinajstić information content (AvgIpc) is 2.27. The molecule has 0 aliphatic carbocycles. The molecule has 2 nitrogen and oxygen atoms in total. The summed E-state index contributed by atoms with van der Waals surface area (Å²) in [7, 11) is 0. The Kier molecular flexibility index (Phi) is 2.73. The van der Waals surface area contributed by atoms with E-state index in [1.807, 2.05) is 18.2 Å². The van der Waals surface area contributed by atoms with Gasteiger partial charge in [-0.15, -0.1) is 11.6 Å². The number of ketones is 1. The number of nitrogens with one attached hydrogen (secondary N) is 1. The number of anilines is 1. The van der Waals surface area contributed by atoms with Crippen LogP contribution in [0.2, 0.25) is 0 Å². The molecular weight excluding hydrogens is 198 g/mol. The molecule has 1 aliphatic heterocycles. The Morgan fingerprint density at radius 2 is 2.29 bits per heavy atom. The van der Waals surface area contributed by atoms with Crippen LogP contribution < -0.4 is 5.32 Å². The summed E-state index contributed by atoms with van der Waals surface area (Å²) in [6.07, 6.45) is 1.80. The zero-order chi connectivity index (χ0) is 9.97. The van der Waals surface area contributed by atoms with Gasteiger partial charge in [0, 0.05) is 5.69 Å². The number of carbonyl (C=O) groups is 1. The zero-order valence-electron chi connectivity index (χ0n) is 7.79. The topological polar surface area (TPSA) is 29.1 Å². The Morgan fingerprint density at radius 1 is 1.50 bits per heavy atom. The van der Waals surface area contributed by atoms with E-state index in [-0.39, 0.29) is 17.7 Å². The van der Waals surface area contributed by atoms with Crippen molar-refractivity contribution in [2.75, 3.05) is 11.2 Å². The SMILES string of the molecule is O=C(CCl)C1CCc2ccccc2N1. The lowest BCUT2D eigenvalue weighted by molar-refractivity contribution is -0.117. The van der Waals surface area contributed by atoms with Crippen LogP contribution in [0.15, 0.2) is 24.3 Å². The van der Waals surface area contributed by atoms with Gasteiger partial charge in [0.2, 0.25) is 0 Å². The summed E-state index contributed by atoms with van der Waals surface area (Å²) in [4.78, 5) is 11.4. The molecule has 1 unspecified atom stereocenters. The van der Waals surface area contributed by atoms with Crippen LogP contribution in [0.3, 0.4) is 0 Å². The maximum atomic E-state index is 11.4. The van der Waals surface area contributed by atoms with Gasteiger partial charge < -0.3 is 5.32 Å². The van der Waals surface area contributed by atoms with Crippen molar-refractivity contribution in [1.82, 2.24) is 0 Å². The van der Waals surface area contributed by atoms with Crippen LogP contribution >= 0.6 is 11.6 Å². The fraction of sp³-hybridized carbons (Fsp3) is 0.364. The predicted octanol–water partition coefficient (Wildman–Crippen LogP) is 2.22. The Labute approximate surface area is 88.3 Å². The molecule has 2 rings (SSSR count). The van der Waals surface area contributed by atoms with Crippen molar-refractivity contribution in [2.24, 2.45) is 0 Å². The van der Waals surface area contributed by atoms with Crippen molar-refractivity contribution >= 4 is 23.1 Å². The number of hydrogen-bond donors (Lipinski definition) is 1. The van der Waals surface area contributed by atoms with Gasteiger partial charge in [0.25, 0.3) is 0 Å². The van der Waals surface area contributed by atoms with Gasteiger partial charge in [0.15, 0.2) is 5.78 Å². The number of hydrogen-bond acceptors (Lipinski definition) is 2. The third kappa shape index (κ3) is 1.75. The minimum Gasteiger partial charge on any atom is -0.375 e. The number of halogens is 1. The molecule has 14 heavy (non-hydrogen) atoms. The Bertz CT molecular complexity index is 351. The van der Waals surface area contributed by atoms with E-state index in [9.17, 15) is 4.79 Å². The van der Waals surface area contributed by atoms with Crippen LogP contribution in [0.25, 0.3) is 0 Å². The smallest absolute Gasteiger partial charge is 0.169 e. The van der Waals surface area contributed by atoms with E-state index in [1.54, 1.807) is 0 Å². The summed E-state index contributed by atoms with van der Waals surface area (Å²) in [5.41, 5.74) is 2.35. The lowest BCUT2D eigenvalue weighted by Crippen LogP contribution is -2.34. The van der Waals surface area contributed by atoms with E-state index >= 15 is 0 Å². The number of aryl methyl sites for hydroxylation is 1. The van der Waals surface area contributed by atoms with Crippen molar-refractivity contribution in [1.29, 1.82) is 0 Å². The molecule has 1 atom stereocenters. The van der Waals surface area contributed by atoms with Gasteiger partial charge in [-0.3, -0.25) is 4.79 Å². The summed E-state index contributed by atoms with van der Waals surface area (Å²) in [5, 5.41) is 3.21. The van der Waals surface area contributed by atoms with Crippen molar-refractivity contribution in [2.45, 2.75) is 18.9 Å². The second kappa shape index (κ2) is 4.01. The van der Waals surface area contributed by atoms with Crippen molar-refractivity contribution in [3.63, 3.8) is 0 Å². The first-order chi connectivity index (χ1) is 6.81. The number of fused-ring (bicyclic) bond motifs is 1. The summed E-state index contributed by atoms with van der Waals surface area (Å²) in [5.74, 6) is 0.181. The second-order valence-electron chi connectivity index (χ2n) is 3.49. The van der Waals surface area contributed by atoms with Gasteiger partial charge in [0.1, 0.15) is 0 Å². The van der Waals surface area contributed by atoms with Gasteiger partial charge in [-0.1, -0.05) is 18.2 Å². The Balaban J connectivity index is 2.17. The summed E-state index contributed by atoms with van der Waals surface area (Å²) >= 11 is 5.52. The molecule has 0 aromatic heterocycles. The third-order valence-corrected chi connectivity index (χ3v) is 2.83. The molecule has 0 saturated carbocycles. The van der Waals surface area contributed by atoms with Gasteiger partial charge >= 0.3 is 0 Å². The maximum absolute atomic E-state index is 11.4. The predicted molar refractivity (Wildman–Crippen MR) is 57.9 cm³/mol. The monoisotopic (exact) mass is 209 g/mol. The highest BCUT2D eigenvalue weighted by molar-refractivity contribution is 6.28. The van der Waals surface area contributed by atoms with Crippen LogP contribution in [-0.4, -0.2) is 17.7 Å². The van der Waals surface area contributed by atoms with Crippen molar-refractivity contribution < 1.29 is 4.79 Å². The molecule has 74 valence electrons. The second-order valence-corrected chi connectivity index (χ2v) is 3.76. The van der Waals surface area contributed by atoms with Crippen molar-refractivity contribution in [3.8, 4) is 0 Å². The van der Waals surface area contributed by atoms with Crippen LogP contribution in [0.1, 0.15) is 12.0 Å². The molecule has 3 heteroatoms. The zero-order valence-corrected chi connectivity index (χ0v) is 8.55. The first kappa shape index (κ1) is 9.53. The van der Waals surface area contributed by atoms with E-state index in [1.165, 1.54) is 5.56 Å². The average molecular weight is 210 g/mol. The highest BCUT2D eigenvalue weighted by Gasteiger charge is 2.22. The molecule has 0 radical (unpaired) electrons. The first-order valence-electron chi connectivity index (χ1n) is 4.74. The molecule has 0 spiro atoms. The number of benzene rings is 1. The lowest BCUT2D eigenvalue weighted by atomic mass is 9.96. The van der Waals surface area contributed by atoms with E-state index in [2.05, 4.69) is 11.4 Å². The van der Waals surface area contributed by atoms with Crippen LogP contribution in [-0.2, 0) is 11.2 Å². The number of alkyl halides is 1. The van der Waals surface area contributed by atoms with Crippen LogP contribution in [0, 0.1) is 0 Å². The third-order valence-electron chi connectivity index (χ3n) is 2.57. The highest BCUT2D eigenvalue weighted by atomic mass is 35.5. The maximum Gasteiger partial charge on any atom is 0.169 e. The number of para-hydroxylation sites is 1. The molecule has 0 saturated heterocycles. The van der Waals surface area contributed by atoms with Crippen LogP contribution in [0.5, 0.6) is 0 Å². The minimum atomic E-state index is -0.0950. The summed E-state index contributed by atoms with van der Waals surface area (Å²) in [6.45, 7) is 0. The summed E-state index contributed by atoms with van der Waals surface area (Å²) < 4.78 is 0. The van der Waals surface area contributed by atoms with E-state index < -0.39 is 0 Å². The molecular formula is C11H12ClNO. The fourth-order valence-corrected chi connectivity index (χ4v) is 1.96. The molecule has 1 N–H and O–H groups in total. The standard InChI is InChI=1S/C11H12ClNO/c12-7-11(14)10-6-5-8-3-1-2-4-9(8)13-10/h1-4,10,13H,5-7H2. The molecule has 1 aromatic rings. The lowest BCUT2D eigenvalue weighted by Gasteiger charge is -2.25. The largest absolute Gasteiger partial charge is 0.375 e. The molecule has 1 aromatic carbocycles. The van der Waals surface area contributed by atoms with E-state index in [0.717, 1.165) is 18.5 Å². The number of rotatable bonds is 2. The number of carbonyl (C=O) groups excluding carboxylic acids is 1. The highest BCUT2D eigenvalue weighted by Crippen LogP contribution is 2.24. The molecule has 0 amide bonds. The van der Waals surface area contributed by atoms with Gasteiger partial charge in [-0.2, -0.15) is 0 Å². The number of Topliss-reactive ketones (excluding diaryl/α,β-unsaturated/α-hetero) is 1. The van der Waals surface area contributed by atoms with E-state index in [0.29, 0.717) is 0 Å². The minimum absolute atomic E-state index is 0.0844. The normalized spacial score (nSPS) is 19.6. The van der Waals surface area contributed by atoms with Gasteiger partial charge in [0.05, 0.1) is 11.9 Å². The van der Waals surface area contributed by atoms with E-state index in [4.69, 9.17) is 11.6 Å². The molecule has 0 bridgehead atoms. The van der Waals surface area contributed by atoms with Crippen molar-refractivity contribution in [3.05, 3.63) is 29.8 Å². The Morgan fingerprint density at radius 3 is 3.07 bits per heavy atom. The molecule has 0 fully saturated rings. The molecule has 1 aliphatic rings. The quantitative estimate of drug-likeness (QED) is 0.757. The Hall–Kier alpha value is -1.02. The summed E-state index contributed by atoms with van der Waals surface area (Å²) in [6, 6.07) is 7.98. The molecule has 1 heterocycles. The van der Waals surface area contributed by atoms with Gasteiger partial charge in [-0.25, -0.2) is 0 Å². The first-order valence-corrected chi connectivity index (χ1v) is 5.28. The van der Waals surface area contributed by atoms with Crippen LogP contribution in [0.4, 0.5) is 5.69 Å².